The number of rotatable bonds is 5. The van der Waals surface area contributed by atoms with Gasteiger partial charge in [0.2, 0.25) is 0 Å². The molecule has 0 N–H and O–H groups in total. The number of benzene rings is 2. The van der Waals surface area contributed by atoms with E-state index in [1.807, 2.05) is 90.5 Å². The van der Waals surface area contributed by atoms with Crippen LogP contribution in [0.25, 0.3) is 16.6 Å². The first-order chi connectivity index (χ1) is 15.6. The van der Waals surface area contributed by atoms with Crippen LogP contribution in [0.5, 0.6) is 0 Å². The highest BCUT2D eigenvalue weighted by Crippen LogP contribution is 2.19. The molecule has 32 heavy (non-hydrogen) atoms. The summed E-state index contributed by atoms with van der Waals surface area (Å²) in [6, 6.07) is 26.6. The van der Waals surface area contributed by atoms with Crippen molar-refractivity contribution in [1.29, 1.82) is 0 Å². The highest BCUT2D eigenvalue weighted by Gasteiger charge is 2.20. The van der Waals surface area contributed by atoms with Crippen LogP contribution in [0.3, 0.4) is 0 Å². The average molecular weight is 422 g/mol. The first-order valence-electron chi connectivity index (χ1n) is 10.5. The predicted molar refractivity (Wildman–Crippen MR) is 125 cm³/mol. The number of pyridine rings is 2. The molecule has 0 saturated carbocycles. The van der Waals surface area contributed by atoms with E-state index in [4.69, 9.17) is 0 Å². The summed E-state index contributed by atoms with van der Waals surface area (Å²) in [6.07, 6.45) is 1.70. The molecule has 0 radical (unpaired) electrons. The Morgan fingerprint density at radius 3 is 2.19 bits per heavy atom. The van der Waals surface area contributed by atoms with Crippen molar-refractivity contribution in [2.45, 2.75) is 20.0 Å². The number of aryl methyl sites for hydroxylation is 1. The summed E-state index contributed by atoms with van der Waals surface area (Å²) in [5.74, 6) is 0. The van der Waals surface area contributed by atoms with Crippen molar-refractivity contribution in [2.24, 2.45) is 0 Å². The highest BCUT2D eigenvalue weighted by atomic mass is 16.1. The molecule has 0 aliphatic rings. The van der Waals surface area contributed by atoms with Gasteiger partial charge in [0.15, 0.2) is 0 Å². The van der Waals surface area contributed by atoms with Crippen LogP contribution in [0.15, 0.2) is 101 Å². The zero-order chi connectivity index (χ0) is 22.1. The summed E-state index contributed by atoms with van der Waals surface area (Å²) in [5, 5.41) is 0.542. The second kappa shape index (κ2) is 8.15. The molecule has 6 nitrogen and oxygen atoms in total. The van der Waals surface area contributed by atoms with Gasteiger partial charge in [0.1, 0.15) is 0 Å². The van der Waals surface area contributed by atoms with Crippen LogP contribution in [0.4, 0.5) is 0 Å². The van der Waals surface area contributed by atoms with Gasteiger partial charge in [0, 0.05) is 18.0 Å². The quantitative estimate of drug-likeness (QED) is 0.433. The fourth-order valence-corrected chi connectivity index (χ4v) is 4.13. The molecule has 0 amide bonds. The summed E-state index contributed by atoms with van der Waals surface area (Å²) >= 11 is 0. The summed E-state index contributed by atoms with van der Waals surface area (Å²) in [7, 11) is 0. The van der Waals surface area contributed by atoms with Crippen LogP contribution in [0, 0.1) is 6.92 Å². The number of nitrogens with zero attached hydrogens (tertiary/aromatic N) is 4. The van der Waals surface area contributed by atoms with E-state index in [9.17, 15) is 9.59 Å². The lowest BCUT2D eigenvalue weighted by molar-refractivity contribution is 0.612. The minimum atomic E-state index is -0.160. The van der Waals surface area contributed by atoms with Crippen molar-refractivity contribution in [2.75, 3.05) is 0 Å². The Labute approximate surface area is 184 Å². The molecule has 0 unspecified atom stereocenters. The Bertz CT molecular complexity index is 1500. The molecule has 0 spiro atoms. The molecule has 5 aromatic rings. The first-order valence-corrected chi connectivity index (χ1v) is 10.5. The van der Waals surface area contributed by atoms with Crippen molar-refractivity contribution in [1.82, 2.24) is 18.9 Å². The molecule has 0 bridgehead atoms. The van der Waals surface area contributed by atoms with Gasteiger partial charge in [-0.1, -0.05) is 54.6 Å². The van der Waals surface area contributed by atoms with E-state index in [0.717, 1.165) is 16.9 Å². The van der Waals surface area contributed by atoms with Gasteiger partial charge >= 0.3 is 0 Å². The fourth-order valence-electron chi connectivity index (χ4n) is 4.13. The Morgan fingerprint density at radius 1 is 0.812 bits per heavy atom. The van der Waals surface area contributed by atoms with Crippen molar-refractivity contribution >= 4 is 10.9 Å². The summed E-state index contributed by atoms with van der Waals surface area (Å²) in [4.78, 5) is 31.2. The van der Waals surface area contributed by atoms with E-state index in [1.165, 1.54) is 0 Å². The third-order valence-electron chi connectivity index (χ3n) is 5.70. The summed E-state index contributed by atoms with van der Waals surface area (Å²) < 4.78 is 5.17. The number of para-hydroxylation sites is 1. The molecular formula is C26H22N4O2. The third kappa shape index (κ3) is 3.46. The predicted octanol–water partition coefficient (Wildman–Crippen LogP) is 3.75. The van der Waals surface area contributed by atoms with Crippen molar-refractivity contribution < 1.29 is 0 Å². The molecule has 158 valence electrons. The van der Waals surface area contributed by atoms with Gasteiger partial charge in [-0.3, -0.25) is 19.3 Å². The van der Waals surface area contributed by atoms with Crippen molar-refractivity contribution in [3.63, 3.8) is 0 Å². The molecule has 6 heteroatoms. The van der Waals surface area contributed by atoms with E-state index < -0.39 is 0 Å². The normalized spacial score (nSPS) is 11.2. The van der Waals surface area contributed by atoms with E-state index in [1.54, 1.807) is 21.5 Å². The van der Waals surface area contributed by atoms with E-state index >= 15 is 0 Å². The summed E-state index contributed by atoms with van der Waals surface area (Å²) in [6.45, 7) is 2.62. The zero-order valence-corrected chi connectivity index (χ0v) is 17.7. The maximum Gasteiger partial charge on any atom is 0.281 e. The average Bonchev–Trinajstić information content (AvgIpc) is 3.09. The number of hydrogen-bond donors (Lipinski definition) is 0. The van der Waals surface area contributed by atoms with Gasteiger partial charge in [-0.25, -0.2) is 4.68 Å². The monoisotopic (exact) mass is 422 g/mol. The van der Waals surface area contributed by atoms with Crippen LogP contribution in [0.2, 0.25) is 0 Å². The van der Waals surface area contributed by atoms with Gasteiger partial charge in [0.05, 0.1) is 35.4 Å². The lowest BCUT2D eigenvalue weighted by Crippen LogP contribution is -2.24. The van der Waals surface area contributed by atoms with Crippen molar-refractivity contribution in [3.05, 3.63) is 129 Å². The molecule has 0 aliphatic heterocycles. The zero-order valence-electron chi connectivity index (χ0n) is 17.7. The largest absolute Gasteiger partial charge is 0.306 e. The van der Waals surface area contributed by atoms with Crippen LogP contribution in [-0.2, 0) is 13.1 Å². The van der Waals surface area contributed by atoms with Crippen LogP contribution in [0.1, 0.15) is 17.0 Å². The fraction of sp³-hybridized carbons (Fsp3) is 0.115. The SMILES string of the molecule is Cc1c2c(=O)n(-c3ccccc3)n(Cc3ccccc3)c2cc(=O)n1Cc1ccccn1. The number of aromatic nitrogens is 4. The Kier molecular flexibility index (Phi) is 5.03. The Hall–Kier alpha value is -4.19. The topological polar surface area (TPSA) is 61.8 Å². The maximum absolute atomic E-state index is 13.7. The minimum Gasteiger partial charge on any atom is -0.306 e. The number of fused-ring (bicyclic) bond motifs is 1. The van der Waals surface area contributed by atoms with Gasteiger partial charge in [-0.15, -0.1) is 0 Å². The first kappa shape index (κ1) is 19.8. The maximum atomic E-state index is 13.7. The van der Waals surface area contributed by atoms with E-state index in [0.29, 0.717) is 29.7 Å². The van der Waals surface area contributed by atoms with Crippen LogP contribution >= 0.6 is 0 Å². The molecule has 2 aromatic carbocycles. The molecule has 3 heterocycles. The lowest BCUT2D eigenvalue weighted by Gasteiger charge is -2.14. The molecule has 5 rings (SSSR count). The number of hydrogen-bond acceptors (Lipinski definition) is 3. The smallest absolute Gasteiger partial charge is 0.281 e. The second-order valence-corrected chi connectivity index (χ2v) is 7.73. The highest BCUT2D eigenvalue weighted by molar-refractivity contribution is 5.81. The Balaban J connectivity index is 1.77. The van der Waals surface area contributed by atoms with Crippen LogP contribution < -0.4 is 11.1 Å². The molecule has 0 fully saturated rings. The van der Waals surface area contributed by atoms with Gasteiger partial charge in [0.25, 0.3) is 11.1 Å². The van der Waals surface area contributed by atoms with Crippen LogP contribution in [-0.4, -0.2) is 18.9 Å². The van der Waals surface area contributed by atoms with Gasteiger partial charge < -0.3 is 4.57 Å². The van der Waals surface area contributed by atoms with E-state index in [2.05, 4.69) is 4.98 Å². The molecule has 0 atom stereocenters. The minimum absolute atomic E-state index is 0.144. The molecule has 0 aliphatic carbocycles. The molecular weight excluding hydrogens is 400 g/mol. The van der Waals surface area contributed by atoms with E-state index in [-0.39, 0.29) is 11.1 Å². The Morgan fingerprint density at radius 2 is 1.50 bits per heavy atom. The second-order valence-electron chi connectivity index (χ2n) is 7.73. The molecule has 0 saturated heterocycles. The third-order valence-corrected chi connectivity index (χ3v) is 5.70. The van der Waals surface area contributed by atoms with Crippen molar-refractivity contribution in [3.8, 4) is 5.69 Å². The molecule has 3 aromatic heterocycles. The lowest BCUT2D eigenvalue weighted by atomic mass is 10.2. The summed E-state index contributed by atoms with van der Waals surface area (Å²) in [5.41, 5.74) is 3.53. The van der Waals surface area contributed by atoms with Gasteiger partial charge in [-0.05, 0) is 36.8 Å². The van der Waals surface area contributed by atoms with Gasteiger partial charge in [-0.2, -0.15) is 0 Å². The standard InChI is InChI=1S/C26H22N4O2/c1-19-25-23(16-24(31)28(19)18-21-12-8-9-15-27-21)29(17-20-10-4-2-5-11-20)30(26(25)32)22-13-6-3-7-14-22/h2-16H,17-18H2,1H3.